The molecule has 0 saturated heterocycles. The average molecular weight is 231 g/mol. The summed E-state index contributed by atoms with van der Waals surface area (Å²) in [6, 6.07) is 0. The fourth-order valence-electron chi connectivity index (χ4n) is 1.59. The van der Waals surface area contributed by atoms with Gasteiger partial charge in [0.25, 0.3) is 0 Å². The van der Waals surface area contributed by atoms with E-state index < -0.39 is 5.97 Å². The minimum atomic E-state index is -0.453. The average Bonchev–Trinajstić information content (AvgIpc) is 2.28. The predicted molar refractivity (Wildman–Crippen MR) is 68.9 cm³/mol. The molecular weight excluding hydrogens is 212 g/mol. The van der Waals surface area contributed by atoms with Crippen LogP contribution in [-0.2, 0) is 9.53 Å². The number of hydrogen-bond acceptors (Lipinski definition) is 2. The molecule has 2 nitrogen and oxygen atoms in total. The molecule has 1 unspecified atom stereocenters. The lowest BCUT2D eigenvalue weighted by Gasteiger charge is -2.12. The molecule has 0 spiro atoms. The number of esters is 1. The fourth-order valence-corrected chi connectivity index (χ4v) is 1.59. The van der Waals surface area contributed by atoms with E-state index in [-0.39, 0.29) is 5.92 Å². The van der Waals surface area contributed by atoms with Gasteiger partial charge in [-0.15, -0.1) is 0 Å². The molecule has 1 rings (SSSR count). The monoisotopic (exact) mass is 231 g/mol. The Balaban J connectivity index is 2.45. The largest absolute Gasteiger partial charge is 0.456 e. The Labute approximate surface area is 104 Å². The van der Waals surface area contributed by atoms with E-state index >= 15 is 0 Å². The van der Waals surface area contributed by atoms with E-state index in [1.807, 2.05) is 12.5 Å². The van der Waals surface area contributed by atoms with Gasteiger partial charge in [-0.1, -0.05) is 43.6 Å². The summed E-state index contributed by atoms with van der Waals surface area (Å²) in [5.74, 6) is 5.58. The highest BCUT2D eigenvalue weighted by atomic mass is 16.5. The number of carbonyl (C=O) groups is 1. The van der Waals surface area contributed by atoms with E-state index in [2.05, 4.69) is 37.8 Å². The van der Waals surface area contributed by atoms with Crippen molar-refractivity contribution in [2.24, 2.45) is 11.8 Å². The molecular formula is C15H19O2. The Hall–Kier alpha value is -1.49. The highest BCUT2D eigenvalue weighted by Crippen LogP contribution is 2.20. The van der Waals surface area contributed by atoms with Gasteiger partial charge in [0.15, 0.2) is 0 Å². The second-order valence-corrected chi connectivity index (χ2v) is 4.41. The normalized spacial score (nSPS) is 18.4. The van der Waals surface area contributed by atoms with Gasteiger partial charge in [0.1, 0.15) is 0 Å². The summed E-state index contributed by atoms with van der Waals surface area (Å²) in [7, 11) is 0. The molecule has 0 heterocycles. The standard InChI is InChI=1S/C15H19O2/c1-4-17-15(16)10-9-13-5-7-14(8-6-13)11-12(2)3/h5-8,12-13H,4,11H2,1-3H3. The molecule has 0 amide bonds. The van der Waals surface area contributed by atoms with E-state index in [1.54, 1.807) is 6.92 Å². The highest BCUT2D eigenvalue weighted by Gasteiger charge is 2.07. The summed E-state index contributed by atoms with van der Waals surface area (Å²) in [6.07, 6.45) is 9.29. The lowest BCUT2D eigenvalue weighted by molar-refractivity contribution is -0.136. The van der Waals surface area contributed by atoms with Crippen LogP contribution in [0.1, 0.15) is 27.2 Å². The van der Waals surface area contributed by atoms with Crippen molar-refractivity contribution in [2.45, 2.75) is 27.2 Å². The minimum absolute atomic E-state index is 0.0234. The second kappa shape index (κ2) is 6.96. The van der Waals surface area contributed by atoms with Crippen molar-refractivity contribution in [3.05, 3.63) is 30.2 Å². The predicted octanol–water partition coefficient (Wildman–Crippen LogP) is 2.92. The molecule has 0 fully saturated rings. The number of rotatable bonds is 3. The highest BCUT2D eigenvalue weighted by molar-refractivity contribution is 5.88. The molecule has 1 aliphatic rings. The van der Waals surface area contributed by atoms with Crippen molar-refractivity contribution in [1.29, 1.82) is 0 Å². The lowest BCUT2D eigenvalue weighted by atomic mass is 9.93. The van der Waals surface area contributed by atoms with Crippen LogP contribution in [0.3, 0.4) is 0 Å². The maximum absolute atomic E-state index is 11.0. The zero-order valence-corrected chi connectivity index (χ0v) is 10.7. The molecule has 2 heteroatoms. The maximum Gasteiger partial charge on any atom is 0.384 e. The van der Waals surface area contributed by atoms with Gasteiger partial charge in [0.05, 0.1) is 6.61 Å². The summed E-state index contributed by atoms with van der Waals surface area (Å²) in [6.45, 7) is 6.53. The first-order valence-corrected chi connectivity index (χ1v) is 6.02. The zero-order chi connectivity index (χ0) is 12.7. The van der Waals surface area contributed by atoms with Gasteiger partial charge in [-0.25, -0.2) is 4.79 Å². The third-order valence-corrected chi connectivity index (χ3v) is 2.30. The lowest BCUT2D eigenvalue weighted by Crippen LogP contribution is -2.03. The van der Waals surface area contributed by atoms with Crippen LogP contribution in [0, 0.1) is 30.1 Å². The summed E-state index contributed by atoms with van der Waals surface area (Å²) in [5.41, 5.74) is 1.31. The first-order chi connectivity index (χ1) is 8.11. The van der Waals surface area contributed by atoms with Gasteiger partial charge in [0.2, 0.25) is 0 Å². The molecule has 91 valence electrons. The zero-order valence-electron chi connectivity index (χ0n) is 10.7. The Kier molecular flexibility index (Phi) is 5.56. The molecule has 17 heavy (non-hydrogen) atoms. The van der Waals surface area contributed by atoms with E-state index in [0.717, 1.165) is 6.42 Å². The minimum Gasteiger partial charge on any atom is -0.456 e. The van der Waals surface area contributed by atoms with E-state index in [9.17, 15) is 4.79 Å². The number of ether oxygens (including phenoxy) is 1. The number of carbonyl (C=O) groups excluding carboxylic acids is 1. The van der Waals surface area contributed by atoms with Crippen LogP contribution in [0.25, 0.3) is 0 Å². The van der Waals surface area contributed by atoms with Crippen LogP contribution in [-0.4, -0.2) is 12.6 Å². The molecule has 0 aliphatic heterocycles. The molecule has 0 N–H and O–H groups in total. The maximum atomic E-state index is 11.0. The fraction of sp³-hybridized carbons (Fsp3) is 0.467. The molecule has 0 aromatic rings. The molecule has 0 bridgehead atoms. The van der Waals surface area contributed by atoms with Gasteiger partial charge >= 0.3 is 5.97 Å². The molecule has 1 radical (unpaired) electrons. The third-order valence-electron chi connectivity index (χ3n) is 2.30. The van der Waals surface area contributed by atoms with Crippen LogP contribution < -0.4 is 0 Å². The van der Waals surface area contributed by atoms with Crippen LogP contribution in [0.5, 0.6) is 0 Å². The summed E-state index contributed by atoms with van der Waals surface area (Å²) >= 11 is 0. The Morgan fingerprint density at radius 2 is 2.29 bits per heavy atom. The Morgan fingerprint density at radius 1 is 1.53 bits per heavy atom. The van der Waals surface area contributed by atoms with Crippen molar-refractivity contribution in [2.75, 3.05) is 6.61 Å². The topological polar surface area (TPSA) is 26.3 Å². The van der Waals surface area contributed by atoms with Crippen LogP contribution >= 0.6 is 0 Å². The van der Waals surface area contributed by atoms with Crippen LogP contribution in [0.4, 0.5) is 0 Å². The van der Waals surface area contributed by atoms with Crippen molar-refractivity contribution < 1.29 is 9.53 Å². The first kappa shape index (κ1) is 13.6. The van der Waals surface area contributed by atoms with Gasteiger partial charge in [0, 0.05) is 18.3 Å². The van der Waals surface area contributed by atoms with Gasteiger partial charge in [-0.2, -0.15) is 0 Å². The van der Waals surface area contributed by atoms with Gasteiger partial charge in [-0.3, -0.25) is 0 Å². The summed E-state index contributed by atoms with van der Waals surface area (Å²) < 4.78 is 4.74. The summed E-state index contributed by atoms with van der Waals surface area (Å²) in [4.78, 5) is 11.0. The van der Waals surface area contributed by atoms with Crippen molar-refractivity contribution in [3.8, 4) is 11.8 Å². The van der Waals surface area contributed by atoms with Crippen molar-refractivity contribution in [3.63, 3.8) is 0 Å². The smallest absolute Gasteiger partial charge is 0.384 e. The Bertz CT molecular complexity index is 377. The SMILES string of the molecule is CCOC(=O)C#CC1[CH]C=C(CC(C)C)C=C1. The number of allylic oxidation sites excluding steroid dienone is 4. The molecule has 0 aromatic carbocycles. The quantitative estimate of drug-likeness (QED) is 0.424. The van der Waals surface area contributed by atoms with Crippen molar-refractivity contribution in [1.82, 2.24) is 0 Å². The first-order valence-electron chi connectivity index (χ1n) is 6.02. The van der Waals surface area contributed by atoms with Gasteiger partial charge in [-0.05, 0) is 19.3 Å². The Morgan fingerprint density at radius 3 is 2.82 bits per heavy atom. The molecule has 1 atom stereocenters. The van der Waals surface area contributed by atoms with Gasteiger partial charge < -0.3 is 4.74 Å². The molecule has 0 aromatic heterocycles. The van der Waals surface area contributed by atoms with Crippen molar-refractivity contribution >= 4 is 5.97 Å². The third kappa shape index (κ3) is 5.40. The summed E-state index contributed by atoms with van der Waals surface area (Å²) in [5, 5.41) is 0. The second-order valence-electron chi connectivity index (χ2n) is 4.41. The van der Waals surface area contributed by atoms with Crippen LogP contribution in [0.2, 0.25) is 0 Å². The van der Waals surface area contributed by atoms with E-state index in [1.165, 1.54) is 5.57 Å². The van der Waals surface area contributed by atoms with Crippen LogP contribution in [0.15, 0.2) is 23.8 Å². The number of hydrogen-bond donors (Lipinski definition) is 0. The molecule has 0 saturated carbocycles. The van der Waals surface area contributed by atoms with E-state index in [0.29, 0.717) is 12.5 Å². The van der Waals surface area contributed by atoms with E-state index in [4.69, 9.17) is 4.74 Å². The molecule has 1 aliphatic carbocycles.